The zero-order chi connectivity index (χ0) is 27.7. The van der Waals surface area contributed by atoms with Crippen molar-refractivity contribution in [1.82, 2.24) is 30.2 Å². The highest BCUT2D eigenvalue weighted by atomic mass is 16.5. The Morgan fingerprint density at radius 2 is 2.05 bits per heavy atom. The molecule has 2 aromatic heterocycles. The van der Waals surface area contributed by atoms with Crippen molar-refractivity contribution in [2.24, 2.45) is 7.05 Å². The number of amides is 1. The zero-order valence-electron chi connectivity index (χ0n) is 22.0. The highest BCUT2D eigenvalue weighted by Crippen LogP contribution is 2.27. The molecular formula is C28H31N7O4. The van der Waals surface area contributed by atoms with Crippen LogP contribution in [0.15, 0.2) is 42.5 Å². The molecule has 1 aliphatic heterocycles. The molecule has 11 nitrogen and oxygen atoms in total. The Kier molecular flexibility index (Phi) is 7.16. The predicted octanol–water partition coefficient (Wildman–Crippen LogP) is 3.01. The fraction of sp³-hybridized carbons (Fsp3) is 0.321. The first-order chi connectivity index (χ1) is 18.7. The fourth-order valence-electron chi connectivity index (χ4n) is 4.84. The second-order valence-electron chi connectivity index (χ2n) is 9.73. The first-order valence-electron chi connectivity index (χ1n) is 12.8. The highest BCUT2D eigenvalue weighted by Gasteiger charge is 2.26. The maximum Gasteiger partial charge on any atom is 0.339 e. The Morgan fingerprint density at radius 1 is 1.26 bits per heavy atom. The lowest BCUT2D eigenvalue weighted by Gasteiger charge is -2.21. The number of para-hydroxylation sites is 1. The number of carbonyl (C=O) groups excluding carboxylic acids is 1. The topological polar surface area (TPSA) is 158 Å². The van der Waals surface area contributed by atoms with Gasteiger partial charge in [-0.2, -0.15) is 0 Å². The normalized spacial score (nSPS) is 15.5. The minimum absolute atomic E-state index is 0.0105. The van der Waals surface area contributed by atoms with E-state index in [1.54, 1.807) is 24.3 Å². The Labute approximate surface area is 225 Å². The molecule has 2 atom stereocenters. The maximum atomic E-state index is 12.8. The van der Waals surface area contributed by atoms with Crippen molar-refractivity contribution < 1.29 is 19.4 Å². The van der Waals surface area contributed by atoms with Gasteiger partial charge in [0.2, 0.25) is 0 Å². The van der Waals surface area contributed by atoms with Crippen molar-refractivity contribution in [2.45, 2.75) is 38.8 Å². The second-order valence-corrected chi connectivity index (χ2v) is 9.73. The molecule has 0 radical (unpaired) electrons. The van der Waals surface area contributed by atoms with Gasteiger partial charge in [0.25, 0.3) is 5.91 Å². The number of hydrogen-bond acceptors (Lipinski definition) is 7. The third kappa shape index (κ3) is 5.26. The maximum absolute atomic E-state index is 12.8. The summed E-state index contributed by atoms with van der Waals surface area (Å²) < 4.78 is 7.54. The minimum Gasteiger partial charge on any atom is -0.491 e. The quantitative estimate of drug-likeness (QED) is 0.165. The molecule has 0 aliphatic carbocycles. The van der Waals surface area contributed by atoms with E-state index in [-0.39, 0.29) is 42.3 Å². The summed E-state index contributed by atoms with van der Waals surface area (Å²) in [5.74, 6) is 0.483. The van der Waals surface area contributed by atoms with Crippen molar-refractivity contribution >= 4 is 28.6 Å². The molecule has 1 aliphatic rings. The second kappa shape index (κ2) is 10.7. The molecule has 39 heavy (non-hydrogen) atoms. The monoisotopic (exact) mass is 529 g/mol. The number of H-pyrrole nitrogens is 1. The van der Waals surface area contributed by atoms with Crippen molar-refractivity contribution in [1.29, 1.82) is 5.41 Å². The summed E-state index contributed by atoms with van der Waals surface area (Å²) in [5.41, 5.74) is 4.80. The number of carboxylic acid groups (broad SMARTS) is 1. The molecule has 4 aromatic rings. The van der Waals surface area contributed by atoms with Gasteiger partial charge in [-0.15, -0.1) is 0 Å². The Bertz CT molecular complexity index is 1570. The van der Waals surface area contributed by atoms with E-state index in [2.05, 4.69) is 15.6 Å². The van der Waals surface area contributed by atoms with Crippen LogP contribution in [-0.4, -0.2) is 61.4 Å². The van der Waals surface area contributed by atoms with E-state index in [1.807, 2.05) is 37.6 Å². The summed E-state index contributed by atoms with van der Waals surface area (Å²) in [4.78, 5) is 37.2. The molecule has 2 unspecified atom stereocenters. The number of aryl methyl sites for hydroxylation is 1. The number of nitrogens with zero attached hydrogens (tertiary/aromatic N) is 3. The Hall–Kier alpha value is -4.51. The number of fused-ring (bicyclic) bond motifs is 2. The summed E-state index contributed by atoms with van der Waals surface area (Å²) >= 11 is 0. The number of aromatic carboxylic acids is 1. The van der Waals surface area contributed by atoms with Crippen LogP contribution in [0.2, 0.25) is 0 Å². The Morgan fingerprint density at radius 3 is 2.82 bits per heavy atom. The predicted molar refractivity (Wildman–Crippen MR) is 146 cm³/mol. The zero-order valence-corrected chi connectivity index (χ0v) is 22.0. The van der Waals surface area contributed by atoms with E-state index in [9.17, 15) is 14.7 Å². The molecule has 0 saturated carbocycles. The SMILES string of the molecule is CC(=N)C1Cc2nc(C(C)c3nc4ccc(C(=O)NCCOc5ccccc5C(=O)O)cc4n3C)[nH]c2CN1. The van der Waals surface area contributed by atoms with Gasteiger partial charge in [0.05, 0.1) is 40.9 Å². The molecule has 5 N–H and O–H groups in total. The average molecular weight is 530 g/mol. The fourth-order valence-corrected chi connectivity index (χ4v) is 4.84. The lowest BCUT2D eigenvalue weighted by Crippen LogP contribution is -2.40. The molecular weight excluding hydrogens is 498 g/mol. The standard InChI is InChI=1S/C28H31N7O4/c1-15(25-32-21-13-20(16(2)29)31-14-22(21)33-25)26-34-19-9-8-17(12-23(19)35(26)3)27(36)30-10-11-39-24-7-5-4-6-18(24)28(37)38/h4-9,12,15,20,29,31H,10-11,13-14H2,1-3H3,(H,30,36)(H,32,33)(H,37,38). The van der Waals surface area contributed by atoms with Gasteiger partial charge in [-0.3, -0.25) is 4.79 Å². The number of carboxylic acids is 1. The van der Waals surface area contributed by atoms with Crippen LogP contribution < -0.4 is 15.4 Å². The van der Waals surface area contributed by atoms with E-state index < -0.39 is 5.97 Å². The van der Waals surface area contributed by atoms with E-state index >= 15 is 0 Å². The number of benzene rings is 2. The summed E-state index contributed by atoms with van der Waals surface area (Å²) in [7, 11) is 1.93. The van der Waals surface area contributed by atoms with Gasteiger partial charge in [0, 0.05) is 31.3 Å². The van der Waals surface area contributed by atoms with Crippen molar-refractivity contribution in [3.8, 4) is 5.75 Å². The van der Waals surface area contributed by atoms with Gasteiger partial charge in [-0.25, -0.2) is 14.8 Å². The van der Waals surface area contributed by atoms with Crippen molar-refractivity contribution in [3.63, 3.8) is 0 Å². The van der Waals surface area contributed by atoms with Crippen molar-refractivity contribution in [3.05, 3.63) is 76.6 Å². The molecule has 0 fully saturated rings. The molecule has 202 valence electrons. The summed E-state index contributed by atoms with van der Waals surface area (Å²) in [6, 6.07) is 11.8. The largest absolute Gasteiger partial charge is 0.491 e. The van der Waals surface area contributed by atoms with Crippen LogP contribution >= 0.6 is 0 Å². The van der Waals surface area contributed by atoms with Gasteiger partial charge in [-0.05, 0) is 44.2 Å². The van der Waals surface area contributed by atoms with Gasteiger partial charge in [-0.1, -0.05) is 12.1 Å². The van der Waals surface area contributed by atoms with Crippen LogP contribution in [0.25, 0.3) is 11.0 Å². The molecule has 0 bridgehead atoms. The average Bonchev–Trinajstić information content (AvgIpc) is 3.51. The Balaban J connectivity index is 1.26. The number of hydrogen-bond donors (Lipinski definition) is 5. The number of carbonyl (C=O) groups is 2. The van der Waals surface area contributed by atoms with Crippen molar-refractivity contribution in [2.75, 3.05) is 13.2 Å². The van der Waals surface area contributed by atoms with Crippen LogP contribution in [0.5, 0.6) is 5.75 Å². The lowest BCUT2D eigenvalue weighted by atomic mass is 10.0. The highest BCUT2D eigenvalue weighted by molar-refractivity contribution is 5.97. The van der Waals surface area contributed by atoms with Gasteiger partial charge in [0.1, 0.15) is 29.6 Å². The van der Waals surface area contributed by atoms with Gasteiger partial charge >= 0.3 is 5.97 Å². The van der Waals surface area contributed by atoms with E-state index in [4.69, 9.17) is 20.1 Å². The third-order valence-electron chi connectivity index (χ3n) is 7.07. The van der Waals surface area contributed by atoms with Crippen LogP contribution in [0, 0.1) is 5.41 Å². The van der Waals surface area contributed by atoms with Crippen LogP contribution in [0.1, 0.15) is 63.5 Å². The first kappa shape index (κ1) is 26.1. The van der Waals surface area contributed by atoms with Crippen LogP contribution in [-0.2, 0) is 20.0 Å². The van der Waals surface area contributed by atoms with Gasteiger partial charge < -0.3 is 35.4 Å². The molecule has 0 spiro atoms. The summed E-state index contributed by atoms with van der Waals surface area (Å²) in [6.07, 6.45) is 0.687. The van der Waals surface area contributed by atoms with E-state index in [1.165, 1.54) is 6.07 Å². The lowest BCUT2D eigenvalue weighted by molar-refractivity contribution is 0.0691. The molecule has 11 heteroatoms. The number of ether oxygens (including phenoxy) is 1. The molecule has 3 heterocycles. The van der Waals surface area contributed by atoms with Crippen LogP contribution in [0.3, 0.4) is 0 Å². The number of imidazole rings is 2. The number of aromatic nitrogens is 4. The number of nitrogens with one attached hydrogen (secondary N) is 4. The third-order valence-corrected chi connectivity index (χ3v) is 7.07. The number of rotatable bonds is 9. The molecule has 5 rings (SSSR count). The van der Waals surface area contributed by atoms with Gasteiger partial charge in [0.15, 0.2) is 0 Å². The minimum atomic E-state index is -1.07. The van der Waals surface area contributed by atoms with Crippen LogP contribution in [0.4, 0.5) is 0 Å². The first-order valence-corrected chi connectivity index (χ1v) is 12.8. The summed E-state index contributed by atoms with van der Waals surface area (Å²) in [6.45, 7) is 4.86. The van der Waals surface area contributed by atoms with E-state index in [0.717, 1.165) is 34.1 Å². The summed E-state index contributed by atoms with van der Waals surface area (Å²) in [5, 5.41) is 23.4. The molecule has 2 aromatic carbocycles. The van der Waals surface area contributed by atoms with E-state index in [0.29, 0.717) is 24.2 Å². The number of aromatic amines is 1. The molecule has 1 amide bonds. The smallest absolute Gasteiger partial charge is 0.339 e. The molecule has 0 saturated heterocycles.